The van der Waals surface area contributed by atoms with Crippen LogP contribution >= 0.6 is 0 Å². The second-order valence-corrected chi connectivity index (χ2v) is 4.36. The van der Waals surface area contributed by atoms with Gasteiger partial charge in [0.25, 0.3) is 0 Å². The molecule has 3 nitrogen and oxygen atoms in total. The van der Waals surface area contributed by atoms with Gasteiger partial charge in [0.05, 0.1) is 0 Å². The van der Waals surface area contributed by atoms with E-state index in [4.69, 9.17) is 15.2 Å². The highest BCUT2D eigenvalue weighted by molar-refractivity contribution is 5.70. The van der Waals surface area contributed by atoms with Crippen LogP contribution in [0.4, 0.5) is 4.39 Å². The van der Waals surface area contributed by atoms with E-state index in [9.17, 15) is 4.39 Å². The summed E-state index contributed by atoms with van der Waals surface area (Å²) in [6.45, 7) is 1.40. The number of hydrogen-bond donors (Lipinski definition) is 1. The van der Waals surface area contributed by atoms with Gasteiger partial charge >= 0.3 is 0 Å². The molecule has 2 N–H and O–H groups in total. The monoisotopic (exact) mass is 259 g/mol. The smallest absolute Gasteiger partial charge is 0.161 e. The first kappa shape index (κ1) is 12.0. The van der Waals surface area contributed by atoms with Crippen LogP contribution in [-0.2, 0) is 6.54 Å². The Labute approximate surface area is 110 Å². The van der Waals surface area contributed by atoms with Crippen LogP contribution in [0.15, 0.2) is 36.4 Å². The van der Waals surface area contributed by atoms with E-state index < -0.39 is 0 Å². The molecule has 0 aromatic heterocycles. The van der Waals surface area contributed by atoms with Gasteiger partial charge in [-0.2, -0.15) is 0 Å². The average molecular weight is 259 g/mol. The molecule has 0 atom stereocenters. The molecule has 0 amide bonds. The SMILES string of the molecule is NCc1cc(F)ccc1-c1ccc2c(c1)OCCO2. The zero-order valence-electron chi connectivity index (χ0n) is 10.4. The van der Waals surface area contributed by atoms with Crippen molar-refractivity contribution in [2.75, 3.05) is 13.2 Å². The number of benzene rings is 2. The molecular weight excluding hydrogens is 245 g/mol. The molecule has 3 rings (SSSR count). The zero-order valence-corrected chi connectivity index (χ0v) is 10.4. The minimum absolute atomic E-state index is 0.276. The van der Waals surface area contributed by atoms with E-state index in [1.54, 1.807) is 6.07 Å². The molecule has 98 valence electrons. The first-order chi connectivity index (χ1) is 9.28. The van der Waals surface area contributed by atoms with Crippen LogP contribution in [0.3, 0.4) is 0 Å². The summed E-state index contributed by atoms with van der Waals surface area (Å²) in [5, 5.41) is 0. The molecule has 0 aliphatic carbocycles. The van der Waals surface area contributed by atoms with Crippen LogP contribution in [0, 0.1) is 5.82 Å². The van der Waals surface area contributed by atoms with E-state index in [-0.39, 0.29) is 5.82 Å². The van der Waals surface area contributed by atoms with Gasteiger partial charge in [-0.1, -0.05) is 12.1 Å². The minimum Gasteiger partial charge on any atom is -0.486 e. The maximum absolute atomic E-state index is 13.2. The van der Waals surface area contributed by atoms with Crippen molar-refractivity contribution in [1.29, 1.82) is 0 Å². The van der Waals surface area contributed by atoms with Crippen LogP contribution < -0.4 is 15.2 Å². The molecule has 0 saturated heterocycles. The molecule has 0 fully saturated rings. The summed E-state index contributed by atoms with van der Waals surface area (Å²) in [6.07, 6.45) is 0. The number of nitrogens with two attached hydrogens (primary N) is 1. The summed E-state index contributed by atoms with van der Waals surface area (Å²) in [7, 11) is 0. The highest BCUT2D eigenvalue weighted by atomic mass is 19.1. The van der Waals surface area contributed by atoms with Crippen LogP contribution in [0.25, 0.3) is 11.1 Å². The lowest BCUT2D eigenvalue weighted by atomic mass is 9.99. The molecule has 1 aliphatic heterocycles. The Morgan fingerprint density at radius 3 is 2.58 bits per heavy atom. The molecule has 0 spiro atoms. The molecule has 1 heterocycles. The first-order valence-electron chi connectivity index (χ1n) is 6.16. The summed E-state index contributed by atoms with van der Waals surface area (Å²) in [6, 6.07) is 10.3. The summed E-state index contributed by atoms with van der Waals surface area (Å²) in [5.41, 5.74) is 8.31. The van der Waals surface area contributed by atoms with Gasteiger partial charge < -0.3 is 15.2 Å². The van der Waals surface area contributed by atoms with Crippen molar-refractivity contribution < 1.29 is 13.9 Å². The van der Waals surface area contributed by atoms with Crippen molar-refractivity contribution >= 4 is 0 Å². The molecule has 4 heteroatoms. The van der Waals surface area contributed by atoms with E-state index in [0.29, 0.717) is 19.8 Å². The predicted molar refractivity (Wildman–Crippen MR) is 70.7 cm³/mol. The van der Waals surface area contributed by atoms with E-state index in [0.717, 1.165) is 28.2 Å². The number of halogens is 1. The minimum atomic E-state index is -0.276. The third kappa shape index (κ3) is 2.27. The Morgan fingerprint density at radius 2 is 1.79 bits per heavy atom. The van der Waals surface area contributed by atoms with Gasteiger partial charge in [0, 0.05) is 6.54 Å². The summed E-state index contributed by atoms with van der Waals surface area (Å²) in [4.78, 5) is 0. The standard InChI is InChI=1S/C15H14FNO2/c16-12-2-3-13(11(7-12)9-17)10-1-4-14-15(8-10)19-6-5-18-14/h1-4,7-8H,5-6,9,17H2. The Hall–Kier alpha value is -2.07. The first-order valence-corrected chi connectivity index (χ1v) is 6.16. The fourth-order valence-electron chi connectivity index (χ4n) is 2.22. The van der Waals surface area contributed by atoms with E-state index >= 15 is 0 Å². The van der Waals surface area contributed by atoms with Gasteiger partial charge in [0.15, 0.2) is 11.5 Å². The molecule has 1 aliphatic rings. The lowest BCUT2D eigenvalue weighted by molar-refractivity contribution is 0.171. The lowest BCUT2D eigenvalue weighted by Crippen LogP contribution is -2.15. The molecule has 2 aromatic carbocycles. The molecule has 19 heavy (non-hydrogen) atoms. The second-order valence-electron chi connectivity index (χ2n) is 4.36. The Kier molecular flexibility index (Phi) is 3.09. The van der Waals surface area contributed by atoms with Gasteiger partial charge in [0.1, 0.15) is 19.0 Å². The third-order valence-electron chi connectivity index (χ3n) is 3.14. The fourth-order valence-corrected chi connectivity index (χ4v) is 2.22. The molecule has 2 aromatic rings. The highest BCUT2D eigenvalue weighted by Gasteiger charge is 2.13. The van der Waals surface area contributed by atoms with Crippen LogP contribution in [0.2, 0.25) is 0 Å². The van der Waals surface area contributed by atoms with Crippen molar-refractivity contribution in [2.24, 2.45) is 5.73 Å². The third-order valence-corrected chi connectivity index (χ3v) is 3.14. The molecule has 0 saturated carbocycles. The molecular formula is C15H14FNO2. The molecule has 0 bridgehead atoms. The summed E-state index contributed by atoms with van der Waals surface area (Å²) in [5.74, 6) is 1.18. The predicted octanol–water partition coefficient (Wildman–Crippen LogP) is 2.72. The number of ether oxygens (including phenoxy) is 2. The van der Waals surface area contributed by atoms with Crippen molar-refractivity contribution in [3.8, 4) is 22.6 Å². The van der Waals surface area contributed by atoms with Gasteiger partial charge in [-0.05, 0) is 41.0 Å². The van der Waals surface area contributed by atoms with Crippen molar-refractivity contribution in [1.82, 2.24) is 0 Å². The summed E-state index contributed by atoms with van der Waals surface area (Å²) >= 11 is 0. The Bertz CT molecular complexity index is 613. The zero-order chi connectivity index (χ0) is 13.2. The Morgan fingerprint density at radius 1 is 1.00 bits per heavy atom. The number of hydrogen-bond acceptors (Lipinski definition) is 3. The Balaban J connectivity index is 2.07. The fraction of sp³-hybridized carbons (Fsp3) is 0.200. The van der Waals surface area contributed by atoms with E-state index in [1.807, 2.05) is 18.2 Å². The van der Waals surface area contributed by atoms with Crippen molar-refractivity contribution in [3.05, 3.63) is 47.8 Å². The second kappa shape index (κ2) is 4.90. The van der Waals surface area contributed by atoms with Gasteiger partial charge in [-0.3, -0.25) is 0 Å². The average Bonchev–Trinajstić information content (AvgIpc) is 2.46. The summed E-state index contributed by atoms with van der Waals surface area (Å²) < 4.78 is 24.3. The molecule has 0 radical (unpaired) electrons. The van der Waals surface area contributed by atoms with Gasteiger partial charge in [0.2, 0.25) is 0 Å². The quantitative estimate of drug-likeness (QED) is 0.901. The maximum atomic E-state index is 13.2. The van der Waals surface area contributed by atoms with Gasteiger partial charge in [-0.15, -0.1) is 0 Å². The largest absolute Gasteiger partial charge is 0.486 e. The van der Waals surface area contributed by atoms with Gasteiger partial charge in [-0.25, -0.2) is 4.39 Å². The van der Waals surface area contributed by atoms with E-state index in [2.05, 4.69) is 0 Å². The van der Waals surface area contributed by atoms with E-state index in [1.165, 1.54) is 12.1 Å². The van der Waals surface area contributed by atoms with Crippen molar-refractivity contribution in [2.45, 2.75) is 6.54 Å². The normalized spacial score (nSPS) is 13.4. The van der Waals surface area contributed by atoms with Crippen LogP contribution in [-0.4, -0.2) is 13.2 Å². The lowest BCUT2D eigenvalue weighted by Gasteiger charge is -2.19. The number of fused-ring (bicyclic) bond motifs is 1. The maximum Gasteiger partial charge on any atom is 0.161 e. The highest BCUT2D eigenvalue weighted by Crippen LogP contribution is 2.35. The molecule has 0 unspecified atom stereocenters. The van der Waals surface area contributed by atoms with Crippen LogP contribution in [0.1, 0.15) is 5.56 Å². The van der Waals surface area contributed by atoms with Crippen LogP contribution in [0.5, 0.6) is 11.5 Å². The number of rotatable bonds is 2. The topological polar surface area (TPSA) is 44.5 Å². The van der Waals surface area contributed by atoms with Crippen molar-refractivity contribution in [3.63, 3.8) is 0 Å².